The standard InChI is InChI=1S/C16H20N2/c1-4-13-6-9-14(10-7-13)16(17-3)15-8-5-12(2)18-11-15/h5-11,16-17H,4H2,1-3H3. The minimum atomic E-state index is 0.212. The maximum atomic E-state index is 4.37. The lowest BCUT2D eigenvalue weighted by atomic mass is 9.98. The van der Waals surface area contributed by atoms with Crippen molar-refractivity contribution in [2.75, 3.05) is 7.05 Å². The first-order chi connectivity index (χ1) is 8.74. The molecule has 2 aromatic rings. The van der Waals surface area contributed by atoms with E-state index in [1.807, 2.05) is 20.2 Å². The molecule has 0 aliphatic heterocycles. The van der Waals surface area contributed by atoms with Gasteiger partial charge in [0.25, 0.3) is 0 Å². The quantitative estimate of drug-likeness (QED) is 0.887. The van der Waals surface area contributed by atoms with Crippen LogP contribution in [0.15, 0.2) is 42.6 Å². The van der Waals surface area contributed by atoms with Crippen LogP contribution in [-0.2, 0) is 6.42 Å². The van der Waals surface area contributed by atoms with E-state index in [1.54, 1.807) is 0 Å². The normalized spacial score (nSPS) is 12.4. The highest BCUT2D eigenvalue weighted by Crippen LogP contribution is 2.21. The number of hydrogen-bond donors (Lipinski definition) is 1. The molecule has 1 N–H and O–H groups in total. The molecule has 0 bridgehead atoms. The summed E-state index contributed by atoms with van der Waals surface area (Å²) in [5.41, 5.74) is 4.90. The molecule has 0 saturated heterocycles. The molecule has 0 saturated carbocycles. The van der Waals surface area contributed by atoms with Gasteiger partial charge in [-0.25, -0.2) is 0 Å². The number of aromatic nitrogens is 1. The van der Waals surface area contributed by atoms with E-state index in [1.165, 1.54) is 16.7 Å². The maximum Gasteiger partial charge on any atom is 0.0589 e. The molecule has 0 fully saturated rings. The topological polar surface area (TPSA) is 24.9 Å². The highest BCUT2D eigenvalue weighted by molar-refractivity contribution is 5.32. The van der Waals surface area contributed by atoms with Crippen LogP contribution in [0.5, 0.6) is 0 Å². The first-order valence-electron chi connectivity index (χ1n) is 6.43. The molecular weight excluding hydrogens is 220 g/mol. The third kappa shape index (κ3) is 2.77. The third-order valence-corrected chi connectivity index (χ3v) is 3.28. The average molecular weight is 240 g/mol. The Balaban J connectivity index is 2.29. The zero-order chi connectivity index (χ0) is 13.0. The third-order valence-electron chi connectivity index (χ3n) is 3.28. The van der Waals surface area contributed by atoms with Crippen LogP contribution in [0.1, 0.15) is 35.3 Å². The fourth-order valence-electron chi connectivity index (χ4n) is 2.12. The summed E-state index contributed by atoms with van der Waals surface area (Å²) in [6.45, 7) is 4.18. The number of aryl methyl sites for hydroxylation is 2. The van der Waals surface area contributed by atoms with E-state index in [0.29, 0.717) is 0 Å². The van der Waals surface area contributed by atoms with Crippen molar-refractivity contribution in [2.24, 2.45) is 0 Å². The average Bonchev–Trinajstić information content (AvgIpc) is 2.42. The Labute approximate surface area is 109 Å². The molecule has 0 amide bonds. The van der Waals surface area contributed by atoms with Gasteiger partial charge in [-0.15, -0.1) is 0 Å². The largest absolute Gasteiger partial charge is 0.309 e. The molecule has 1 atom stereocenters. The van der Waals surface area contributed by atoms with Crippen molar-refractivity contribution in [2.45, 2.75) is 26.3 Å². The Morgan fingerprint density at radius 1 is 1.06 bits per heavy atom. The summed E-state index contributed by atoms with van der Waals surface area (Å²) in [5.74, 6) is 0. The van der Waals surface area contributed by atoms with Crippen molar-refractivity contribution in [3.63, 3.8) is 0 Å². The van der Waals surface area contributed by atoms with Crippen LogP contribution in [0, 0.1) is 6.92 Å². The molecule has 0 spiro atoms. The fraction of sp³-hybridized carbons (Fsp3) is 0.312. The van der Waals surface area contributed by atoms with Crippen molar-refractivity contribution in [1.29, 1.82) is 0 Å². The Hall–Kier alpha value is -1.67. The predicted octanol–water partition coefficient (Wildman–Crippen LogP) is 3.26. The predicted molar refractivity (Wildman–Crippen MR) is 75.7 cm³/mol. The van der Waals surface area contributed by atoms with Crippen molar-refractivity contribution in [3.8, 4) is 0 Å². The van der Waals surface area contributed by atoms with Gasteiger partial charge >= 0.3 is 0 Å². The lowest BCUT2D eigenvalue weighted by molar-refractivity contribution is 0.688. The van der Waals surface area contributed by atoms with Crippen LogP contribution in [0.2, 0.25) is 0 Å². The van der Waals surface area contributed by atoms with Crippen LogP contribution >= 0.6 is 0 Å². The second kappa shape index (κ2) is 5.78. The highest BCUT2D eigenvalue weighted by atomic mass is 14.9. The summed E-state index contributed by atoms with van der Waals surface area (Å²) in [4.78, 5) is 4.37. The van der Waals surface area contributed by atoms with Gasteiger partial charge in [-0.3, -0.25) is 4.98 Å². The SMILES string of the molecule is CCc1ccc(C(NC)c2ccc(C)nc2)cc1. The van der Waals surface area contributed by atoms with Crippen molar-refractivity contribution in [3.05, 3.63) is 65.0 Å². The van der Waals surface area contributed by atoms with Crippen LogP contribution in [-0.4, -0.2) is 12.0 Å². The minimum absolute atomic E-state index is 0.212. The number of nitrogens with zero attached hydrogens (tertiary/aromatic N) is 1. The van der Waals surface area contributed by atoms with Gasteiger partial charge < -0.3 is 5.32 Å². The number of rotatable bonds is 4. The Morgan fingerprint density at radius 3 is 2.22 bits per heavy atom. The van der Waals surface area contributed by atoms with Gasteiger partial charge in [0, 0.05) is 11.9 Å². The summed E-state index contributed by atoms with van der Waals surface area (Å²) < 4.78 is 0. The molecule has 1 aromatic heterocycles. The van der Waals surface area contributed by atoms with Crippen molar-refractivity contribution >= 4 is 0 Å². The van der Waals surface area contributed by atoms with Gasteiger partial charge in [0.1, 0.15) is 0 Å². The van der Waals surface area contributed by atoms with E-state index in [0.717, 1.165) is 12.1 Å². The van der Waals surface area contributed by atoms with Gasteiger partial charge in [0.15, 0.2) is 0 Å². The fourth-order valence-corrected chi connectivity index (χ4v) is 2.12. The molecule has 0 radical (unpaired) electrons. The molecule has 1 heterocycles. The molecule has 0 aliphatic carbocycles. The number of pyridine rings is 1. The van der Waals surface area contributed by atoms with E-state index in [-0.39, 0.29) is 6.04 Å². The zero-order valence-corrected chi connectivity index (χ0v) is 11.3. The summed E-state index contributed by atoms with van der Waals surface area (Å²) in [6, 6.07) is 13.2. The van der Waals surface area contributed by atoms with Gasteiger partial charge in [0.05, 0.1) is 6.04 Å². The van der Waals surface area contributed by atoms with Crippen LogP contribution in [0.25, 0.3) is 0 Å². The zero-order valence-electron chi connectivity index (χ0n) is 11.3. The van der Waals surface area contributed by atoms with E-state index in [9.17, 15) is 0 Å². The Kier molecular flexibility index (Phi) is 4.11. The minimum Gasteiger partial charge on any atom is -0.309 e. The van der Waals surface area contributed by atoms with Gasteiger partial charge in [-0.1, -0.05) is 37.3 Å². The second-order valence-electron chi connectivity index (χ2n) is 4.55. The van der Waals surface area contributed by atoms with Crippen molar-refractivity contribution in [1.82, 2.24) is 10.3 Å². The first kappa shape index (κ1) is 12.8. The molecule has 1 unspecified atom stereocenters. The number of hydrogen-bond acceptors (Lipinski definition) is 2. The molecule has 1 aromatic carbocycles. The molecule has 2 rings (SSSR count). The summed E-state index contributed by atoms with van der Waals surface area (Å²) >= 11 is 0. The number of nitrogens with one attached hydrogen (secondary N) is 1. The summed E-state index contributed by atoms with van der Waals surface area (Å²) in [5, 5.41) is 3.35. The number of benzene rings is 1. The molecule has 18 heavy (non-hydrogen) atoms. The summed E-state index contributed by atoms with van der Waals surface area (Å²) in [7, 11) is 1.98. The van der Waals surface area contributed by atoms with Gasteiger partial charge in [0.2, 0.25) is 0 Å². The van der Waals surface area contributed by atoms with Gasteiger partial charge in [-0.2, -0.15) is 0 Å². The molecule has 94 valence electrons. The van der Waals surface area contributed by atoms with Crippen LogP contribution in [0.4, 0.5) is 0 Å². The lowest BCUT2D eigenvalue weighted by Gasteiger charge is -2.17. The van der Waals surface area contributed by atoms with Crippen LogP contribution < -0.4 is 5.32 Å². The summed E-state index contributed by atoms with van der Waals surface area (Å²) in [6.07, 6.45) is 3.03. The Bertz CT molecular complexity index is 486. The molecule has 2 nitrogen and oxygen atoms in total. The van der Waals surface area contributed by atoms with Gasteiger partial charge in [-0.05, 0) is 43.1 Å². The Morgan fingerprint density at radius 2 is 1.72 bits per heavy atom. The lowest BCUT2D eigenvalue weighted by Crippen LogP contribution is -2.17. The van der Waals surface area contributed by atoms with Crippen molar-refractivity contribution < 1.29 is 0 Å². The monoisotopic (exact) mass is 240 g/mol. The van der Waals surface area contributed by atoms with E-state index in [2.05, 4.69) is 53.6 Å². The second-order valence-corrected chi connectivity index (χ2v) is 4.55. The molecule has 0 aliphatic rings. The highest BCUT2D eigenvalue weighted by Gasteiger charge is 2.11. The van der Waals surface area contributed by atoms with E-state index < -0.39 is 0 Å². The smallest absolute Gasteiger partial charge is 0.0589 e. The van der Waals surface area contributed by atoms with E-state index >= 15 is 0 Å². The van der Waals surface area contributed by atoms with Crippen LogP contribution in [0.3, 0.4) is 0 Å². The van der Waals surface area contributed by atoms with E-state index in [4.69, 9.17) is 0 Å². The maximum absolute atomic E-state index is 4.37. The first-order valence-corrected chi connectivity index (χ1v) is 6.43. The molecule has 2 heteroatoms. The molecular formula is C16H20N2.